The zero-order valence-corrected chi connectivity index (χ0v) is 17.0. The van der Waals surface area contributed by atoms with Gasteiger partial charge in [0.15, 0.2) is 0 Å². The number of aromatic nitrogens is 4. The fourth-order valence-electron chi connectivity index (χ4n) is 4.69. The Bertz CT molecular complexity index is 853. The maximum Gasteiger partial charge on any atom is 0.249 e. The molecule has 1 N–H and O–H groups in total. The zero-order valence-electron chi connectivity index (χ0n) is 17.0. The van der Waals surface area contributed by atoms with Crippen LogP contribution in [-0.2, 0) is 26.3 Å². The van der Waals surface area contributed by atoms with Crippen molar-refractivity contribution in [3.8, 4) is 0 Å². The molecule has 9 nitrogen and oxygen atoms in total. The molecule has 0 aliphatic carbocycles. The molecule has 2 amide bonds. The van der Waals surface area contributed by atoms with Crippen LogP contribution in [-0.4, -0.2) is 74.7 Å². The van der Waals surface area contributed by atoms with E-state index in [1.54, 1.807) is 12.5 Å². The average Bonchev–Trinajstić information content (AvgIpc) is 3.41. The van der Waals surface area contributed by atoms with Crippen molar-refractivity contribution in [2.75, 3.05) is 33.4 Å². The number of likely N-dealkylation sites (tertiary alicyclic amines) is 1. The number of fused-ring (bicyclic) bond motifs is 2. The van der Waals surface area contributed by atoms with Gasteiger partial charge >= 0.3 is 0 Å². The van der Waals surface area contributed by atoms with Gasteiger partial charge in [-0.1, -0.05) is 0 Å². The number of piperidine rings is 1. The maximum atomic E-state index is 12.9. The Labute approximate surface area is 170 Å². The summed E-state index contributed by atoms with van der Waals surface area (Å²) in [5.41, 5.74) is 1.58. The Kier molecular flexibility index (Phi) is 5.40. The number of amides is 2. The van der Waals surface area contributed by atoms with E-state index in [0.29, 0.717) is 38.9 Å². The predicted octanol–water partition coefficient (Wildman–Crippen LogP) is 1.11. The van der Waals surface area contributed by atoms with Gasteiger partial charge in [-0.15, -0.1) is 0 Å². The van der Waals surface area contributed by atoms with Crippen LogP contribution in [0.25, 0.3) is 0 Å². The number of nitrogens with one attached hydrogen (secondary N) is 1. The molecule has 0 bridgehead atoms. The Morgan fingerprint density at radius 1 is 1.28 bits per heavy atom. The monoisotopic (exact) mass is 400 g/mol. The minimum atomic E-state index is -0.465. The van der Waals surface area contributed by atoms with Crippen molar-refractivity contribution in [2.24, 2.45) is 0 Å². The van der Waals surface area contributed by atoms with Crippen molar-refractivity contribution >= 4 is 11.8 Å². The van der Waals surface area contributed by atoms with Gasteiger partial charge in [-0.05, 0) is 25.8 Å². The van der Waals surface area contributed by atoms with E-state index in [9.17, 15) is 9.59 Å². The standard InChI is InChI=1S/C20H28N6O3/c1-15(26-8-3-7-23-26)12-17(27)24-10-5-20(6-11-24)19-16(21-14-22-19)4-9-25(20)18(28)13-29-2/h3,7-8,14-15H,4-6,9-13H2,1-2H3,(H,21,22). The third kappa shape index (κ3) is 3.55. The molecule has 1 atom stereocenters. The summed E-state index contributed by atoms with van der Waals surface area (Å²) in [6.07, 6.45) is 7.85. The van der Waals surface area contributed by atoms with Crippen LogP contribution in [0.2, 0.25) is 0 Å². The molecule has 4 rings (SSSR count). The van der Waals surface area contributed by atoms with E-state index in [1.165, 1.54) is 7.11 Å². The topological polar surface area (TPSA) is 96.4 Å². The highest BCUT2D eigenvalue weighted by Crippen LogP contribution is 2.42. The molecule has 2 aromatic rings. The van der Waals surface area contributed by atoms with E-state index in [1.807, 2.05) is 33.7 Å². The summed E-state index contributed by atoms with van der Waals surface area (Å²) in [4.78, 5) is 37.3. The first kappa shape index (κ1) is 19.6. The quantitative estimate of drug-likeness (QED) is 0.811. The number of hydrogen-bond acceptors (Lipinski definition) is 5. The Hall–Kier alpha value is -2.68. The van der Waals surface area contributed by atoms with Crippen molar-refractivity contribution in [3.63, 3.8) is 0 Å². The minimum absolute atomic E-state index is 0.0146. The number of imidazole rings is 1. The van der Waals surface area contributed by atoms with Crippen LogP contribution < -0.4 is 0 Å². The van der Waals surface area contributed by atoms with Gasteiger partial charge in [-0.3, -0.25) is 14.3 Å². The van der Waals surface area contributed by atoms with Gasteiger partial charge in [0.1, 0.15) is 6.61 Å². The molecule has 156 valence electrons. The number of aromatic amines is 1. The number of carbonyl (C=O) groups is 2. The molecule has 9 heteroatoms. The van der Waals surface area contributed by atoms with E-state index < -0.39 is 5.54 Å². The van der Waals surface area contributed by atoms with Crippen molar-refractivity contribution in [3.05, 3.63) is 36.2 Å². The van der Waals surface area contributed by atoms with Crippen LogP contribution in [0.4, 0.5) is 0 Å². The Balaban J connectivity index is 1.48. The maximum absolute atomic E-state index is 12.9. The fraction of sp³-hybridized carbons (Fsp3) is 0.600. The lowest BCUT2D eigenvalue weighted by molar-refractivity contribution is -0.148. The van der Waals surface area contributed by atoms with Crippen LogP contribution in [0.5, 0.6) is 0 Å². The Morgan fingerprint density at radius 2 is 2.07 bits per heavy atom. The van der Waals surface area contributed by atoms with Gasteiger partial charge in [-0.2, -0.15) is 5.10 Å². The fourth-order valence-corrected chi connectivity index (χ4v) is 4.69. The molecular weight excluding hydrogens is 372 g/mol. The second-order valence-corrected chi connectivity index (χ2v) is 7.91. The second kappa shape index (κ2) is 7.98. The predicted molar refractivity (Wildman–Crippen MR) is 105 cm³/mol. The summed E-state index contributed by atoms with van der Waals surface area (Å²) < 4.78 is 6.92. The van der Waals surface area contributed by atoms with Crippen molar-refractivity contribution in [1.29, 1.82) is 0 Å². The first-order valence-corrected chi connectivity index (χ1v) is 10.1. The van der Waals surface area contributed by atoms with E-state index >= 15 is 0 Å². The largest absolute Gasteiger partial charge is 0.375 e. The summed E-state index contributed by atoms with van der Waals surface area (Å²) in [5.74, 6) is 0.101. The number of ether oxygens (including phenoxy) is 1. The van der Waals surface area contributed by atoms with Gasteiger partial charge in [-0.25, -0.2) is 4.98 Å². The number of methoxy groups -OCH3 is 1. The summed E-state index contributed by atoms with van der Waals surface area (Å²) in [6, 6.07) is 1.88. The molecule has 29 heavy (non-hydrogen) atoms. The van der Waals surface area contributed by atoms with Crippen molar-refractivity contribution in [1.82, 2.24) is 29.5 Å². The number of hydrogen-bond donors (Lipinski definition) is 1. The van der Waals surface area contributed by atoms with Crippen LogP contribution in [0.3, 0.4) is 0 Å². The number of nitrogens with zero attached hydrogens (tertiary/aromatic N) is 5. The summed E-state index contributed by atoms with van der Waals surface area (Å²) >= 11 is 0. The number of rotatable bonds is 5. The van der Waals surface area contributed by atoms with E-state index in [-0.39, 0.29) is 24.5 Å². The third-order valence-corrected chi connectivity index (χ3v) is 6.22. The van der Waals surface area contributed by atoms with Gasteiger partial charge < -0.3 is 19.5 Å². The van der Waals surface area contributed by atoms with Crippen molar-refractivity contribution < 1.29 is 14.3 Å². The SMILES string of the molecule is COCC(=O)N1CCc2[nH]cnc2C12CCN(C(=O)CC(C)n1cccn1)CC2. The summed E-state index contributed by atoms with van der Waals surface area (Å²) in [7, 11) is 1.54. The molecule has 0 radical (unpaired) electrons. The van der Waals surface area contributed by atoms with Crippen LogP contribution in [0.1, 0.15) is 43.6 Å². The third-order valence-electron chi connectivity index (χ3n) is 6.22. The van der Waals surface area contributed by atoms with E-state index in [2.05, 4.69) is 15.1 Å². The number of carbonyl (C=O) groups excluding carboxylic acids is 2. The lowest BCUT2D eigenvalue weighted by Crippen LogP contribution is -2.59. The first-order valence-electron chi connectivity index (χ1n) is 10.1. The highest BCUT2D eigenvalue weighted by atomic mass is 16.5. The molecule has 1 spiro atoms. The molecule has 2 aromatic heterocycles. The second-order valence-electron chi connectivity index (χ2n) is 7.91. The molecule has 1 fully saturated rings. The van der Waals surface area contributed by atoms with Crippen LogP contribution in [0, 0.1) is 0 Å². The normalized spacial score (nSPS) is 19.2. The van der Waals surface area contributed by atoms with Crippen LogP contribution in [0.15, 0.2) is 24.8 Å². The molecule has 0 saturated carbocycles. The van der Waals surface area contributed by atoms with E-state index in [0.717, 1.165) is 17.8 Å². The molecule has 2 aliphatic rings. The molecular formula is C20H28N6O3. The lowest BCUT2D eigenvalue weighted by atomic mass is 9.78. The zero-order chi connectivity index (χ0) is 20.4. The molecule has 1 unspecified atom stereocenters. The highest BCUT2D eigenvalue weighted by molar-refractivity contribution is 5.79. The smallest absolute Gasteiger partial charge is 0.249 e. The molecule has 4 heterocycles. The van der Waals surface area contributed by atoms with Crippen molar-refractivity contribution in [2.45, 2.75) is 44.2 Å². The molecule has 0 aromatic carbocycles. The van der Waals surface area contributed by atoms with Gasteiger partial charge in [0.2, 0.25) is 11.8 Å². The summed E-state index contributed by atoms with van der Waals surface area (Å²) in [6.45, 7) is 3.91. The van der Waals surface area contributed by atoms with Crippen LogP contribution >= 0.6 is 0 Å². The Morgan fingerprint density at radius 3 is 2.76 bits per heavy atom. The summed E-state index contributed by atoms with van der Waals surface area (Å²) in [5, 5.41) is 4.23. The van der Waals surface area contributed by atoms with Gasteiger partial charge in [0.25, 0.3) is 0 Å². The number of H-pyrrole nitrogens is 1. The van der Waals surface area contributed by atoms with E-state index in [4.69, 9.17) is 4.74 Å². The van der Waals surface area contributed by atoms with Gasteiger partial charge in [0.05, 0.1) is 23.6 Å². The first-order chi connectivity index (χ1) is 14.0. The minimum Gasteiger partial charge on any atom is -0.375 e. The lowest BCUT2D eigenvalue weighted by Gasteiger charge is -2.50. The van der Waals surface area contributed by atoms with Gasteiger partial charge in [0, 0.05) is 57.7 Å². The molecule has 2 aliphatic heterocycles. The molecule has 1 saturated heterocycles. The highest BCUT2D eigenvalue weighted by Gasteiger charge is 2.49. The average molecular weight is 400 g/mol.